The van der Waals surface area contributed by atoms with E-state index in [4.69, 9.17) is 4.74 Å². The number of fused-ring (bicyclic) bond motifs is 1. The molecule has 0 bridgehead atoms. The van der Waals surface area contributed by atoms with E-state index in [2.05, 4.69) is 29.5 Å². The number of Topliss-reactive ketones (excluding diaryl/α,β-unsaturated/α-hetero) is 1. The molecule has 2 amide bonds. The first kappa shape index (κ1) is 27.5. The Morgan fingerprint density at radius 3 is 2.44 bits per heavy atom. The van der Waals surface area contributed by atoms with Crippen LogP contribution >= 0.6 is 0 Å². The van der Waals surface area contributed by atoms with Gasteiger partial charge in [-0.25, -0.2) is 4.68 Å². The van der Waals surface area contributed by atoms with E-state index < -0.39 is 6.04 Å². The molecule has 0 saturated heterocycles. The average molecular weight is 528 g/mol. The Labute approximate surface area is 227 Å². The van der Waals surface area contributed by atoms with Crippen molar-refractivity contribution in [2.75, 3.05) is 18.6 Å². The standard InChI is InChI=1S/C30H33N5O4/c1-20(2)16-17-31-30(38)29(23-8-7-9-25(18-23)39-4)35(24-14-12-22(13-15-24)21(3)36)28(37)19-34-27-11-6-5-10-26(27)32-33-34/h5-15,18,20,29H,16-17,19H2,1-4H3,(H,31,38). The van der Waals surface area contributed by atoms with E-state index in [0.29, 0.717) is 46.1 Å². The maximum Gasteiger partial charge on any atom is 0.249 e. The summed E-state index contributed by atoms with van der Waals surface area (Å²) >= 11 is 0. The first-order chi connectivity index (χ1) is 18.8. The van der Waals surface area contributed by atoms with Crippen molar-refractivity contribution in [2.24, 2.45) is 5.92 Å². The summed E-state index contributed by atoms with van der Waals surface area (Å²) in [6, 6.07) is 20.2. The Morgan fingerprint density at radius 1 is 1.00 bits per heavy atom. The number of carbonyl (C=O) groups is 3. The molecule has 0 aliphatic heterocycles. The Morgan fingerprint density at radius 2 is 1.74 bits per heavy atom. The highest BCUT2D eigenvalue weighted by molar-refractivity contribution is 6.02. The highest BCUT2D eigenvalue weighted by Gasteiger charge is 2.33. The van der Waals surface area contributed by atoms with Gasteiger partial charge in [-0.05, 0) is 73.4 Å². The number of nitrogens with one attached hydrogen (secondary N) is 1. The molecule has 202 valence electrons. The molecule has 0 radical (unpaired) electrons. The third-order valence-electron chi connectivity index (χ3n) is 6.46. The summed E-state index contributed by atoms with van der Waals surface area (Å²) in [4.78, 5) is 41.3. The molecule has 0 saturated carbocycles. The molecule has 1 heterocycles. The van der Waals surface area contributed by atoms with Gasteiger partial charge in [0.2, 0.25) is 11.8 Å². The van der Waals surface area contributed by atoms with Gasteiger partial charge < -0.3 is 10.1 Å². The molecule has 0 aliphatic rings. The van der Waals surface area contributed by atoms with E-state index in [0.717, 1.165) is 6.42 Å². The lowest BCUT2D eigenvalue weighted by molar-refractivity contribution is -0.127. The number of benzene rings is 3. The molecular weight excluding hydrogens is 494 g/mol. The van der Waals surface area contributed by atoms with Gasteiger partial charge in [0.05, 0.1) is 12.6 Å². The third-order valence-corrected chi connectivity index (χ3v) is 6.46. The fourth-order valence-electron chi connectivity index (χ4n) is 4.34. The van der Waals surface area contributed by atoms with Gasteiger partial charge in [0.1, 0.15) is 23.9 Å². The number of methoxy groups -OCH3 is 1. The number of rotatable bonds is 11. The lowest BCUT2D eigenvalue weighted by Gasteiger charge is -2.32. The van der Waals surface area contributed by atoms with Gasteiger partial charge >= 0.3 is 0 Å². The zero-order chi connectivity index (χ0) is 27.9. The molecule has 1 N–H and O–H groups in total. The van der Waals surface area contributed by atoms with Gasteiger partial charge in [0.25, 0.3) is 0 Å². The molecule has 3 aromatic carbocycles. The minimum Gasteiger partial charge on any atom is -0.497 e. The second-order valence-corrected chi connectivity index (χ2v) is 9.76. The van der Waals surface area contributed by atoms with Crippen molar-refractivity contribution in [3.63, 3.8) is 0 Å². The summed E-state index contributed by atoms with van der Waals surface area (Å²) < 4.78 is 6.95. The fourth-order valence-corrected chi connectivity index (χ4v) is 4.34. The summed E-state index contributed by atoms with van der Waals surface area (Å²) in [5.74, 6) is 0.181. The van der Waals surface area contributed by atoms with Gasteiger partial charge in [0, 0.05) is 17.8 Å². The number of hydrogen-bond acceptors (Lipinski definition) is 6. The van der Waals surface area contributed by atoms with Gasteiger partial charge in [0.15, 0.2) is 5.78 Å². The van der Waals surface area contributed by atoms with Crippen molar-refractivity contribution in [1.82, 2.24) is 20.3 Å². The summed E-state index contributed by atoms with van der Waals surface area (Å²) in [6.45, 7) is 5.97. The van der Waals surface area contributed by atoms with Crippen LogP contribution < -0.4 is 15.0 Å². The van der Waals surface area contributed by atoms with Crippen molar-refractivity contribution in [1.29, 1.82) is 0 Å². The molecule has 1 unspecified atom stereocenters. The minimum atomic E-state index is -1.00. The summed E-state index contributed by atoms with van der Waals surface area (Å²) in [6.07, 6.45) is 0.794. The van der Waals surface area contributed by atoms with Crippen molar-refractivity contribution in [2.45, 2.75) is 39.8 Å². The van der Waals surface area contributed by atoms with Crippen molar-refractivity contribution in [3.8, 4) is 5.75 Å². The van der Waals surface area contributed by atoms with Crippen LogP contribution in [0.5, 0.6) is 5.75 Å². The van der Waals surface area contributed by atoms with Crippen LogP contribution in [0.1, 0.15) is 49.2 Å². The molecule has 0 fully saturated rings. The second-order valence-electron chi connectivity index (χ2n) is 9.76. The molecule has 9 nitrogen and oxygen atoms in total. The van der Waals surface area contributed by atoms with Crippen LogP contribution in [0.25, 0.3) is 11.0 Å². The van der Waals surface area contributed by atoms with Gasteiger partial charge in [-0.1, -0.05) is 43.3 Å². The van der Waals surface area contributed by atoms with Crippen LogP contribution in [-0.4, -0.2) is 46.2 Å². The highest BCUT2D eigenvalue weighted by atomic mass is 16.5. The van der Waals surface area contributed by atoms with E-state index >= 15 is 0 Å². The van der Waals surface area contributed by atoms with Gasteiger partial charge in [-0.3, -0.25) is 19.3 Å². The van der Waals surface area contributed by atoms with Crippen LogP contribution in [0.4, 0.5) is 5.69 Å². The number of amides is 2. The first-order valence-corrected chi connectivity index (χ1v) is 12.9. The normalized spacial score (nSPS) is 11.8. The number of para-hydroxylation sites is 1. The van der Waals surface area contributed by atoms with Crippen molar-refractivity contribution in [3.05, 3.63) is 83.9 Å². The van der Waals surface area contributed by atoms with Crippen molar-refractivity contribution >= 4 is 34.3 Å². The quantitative estimate of drug-likeness (QED) is 0.286. The van der Waals surface area contributed by atoms with Gasteiger partial charge in [-0.15, -0.1) is 5.10 Å². The first-order valence-electron chi connectivity index (χ1n) is 12.9. The minimum absolute atomic E-state index is 0.0933. The molecule has 1 atom stereocenters. The number of ether oxygens (including phenoxy) is 1. The predicted octanol–water partition coefficient (Wildman–Crippen LogP) is 4.58. The van der Waals surface area contributed by atoms with Crippen LogP contribution in [-0.2, 0) is 16.1 Å². The lowest BCUT2D eigenvalue weighted by atomic mass is 10.0. The van der Waals surface area contributed by atoms with Crippen molar-refractivity contribution < 1.29 is 19.1 Å². The van der Waals surface area contributed by atoms with Crippen LogP contribution in [0.2, 0.25) is 0 Å². The molecule has 0 aliphatic carbocycles. The number of nitrogens with zero attached hydrogens (tertiary/aromatic N) is 4. The fraction of sp³-hybridized carbons (Fsp3) is 0.300. The summed E-state index contributed by atoms with van der Waals surface area (Å²) in [7, 11) is 1.55. The Bertz CT molecular complexity index is 1460. The summed E-state index contributed by atoms with van der Waals surface area (Å²) in [5, 5.41) is 11.3. The zero-order valence-electron chi connectivity index (χ0n) is 22.6. The molecule has 39 heavy (non-hydrogen) atoms. The van der Waals surface area contributed by atoms with Crippen LogP contribution in [0.15, 0.2) is 72.8 Å². The highest BCUT2D eigenvalue weighted by Crippen LogP contribution is 2.31. The SMILES string of the molecule is COc1cccc(C(C(=O)NCCC(C)C)N(C(=O)Cn2nnc3ccccc32)c2ccc(C(C)=O)cc2)c1. The predicted molar refractivity (Wildman–Crippen MR) is 150 cm³/mol. The van der Waals surface area contributed by atoms with E-state index in [9.17, 15) is 14.4 Å². The molecule has 1 aromatic heterocycles. The summed E-state index contributed by atoms with van der Waals surface area (Å²) in [5.41, 5.74) is 2.94. The molecule has 4 aromatic rings. The van der Waals surface area contributed by atoms with Crippen LogP contribution in [0, 0.1) is 5.92 Å². The number of anilines is 1. The van der Waals surface area contributed by atoms with E-state index in [1.54, 1.807) is 55.6 Å². The molecular formula is C30H33N5O4. The van der Waals surface area contributed by atoms with Crippen LogP contribution in [0.3, 0.4) is 0 Å². The Balaban J connectivity index is 1.80. The third kappa shape index (κ3) is 6.49. The maximum atomic E-state index is 14.1. The second kappa shape index (κ2) is 12.3. The lowest BCUT2D eigenvalue weighted by Crippen LogP contribution is -2.45. The smallest absolute Gasteiger partial charge is 0.249 e. The molecule has 0 spiro atoms. The van der Waals surface area contributed by atoms with E-state index in [1.165, 1.54) is 16.5 Å². The number of aromatic nitrogens is 3. The Hall–Kier alpha value is -4.53. The number of carbonyl (C=O) groups excluding carboxylic acids is 3. The Kier molecular flexibility index (Phi) is 8.70. The number of ketones is 1. The molecule has 9 heteroatoms. The average Bonchev–Trinajstić information content (AvgIpc) is 3.34. The van der Waals surface area contributed by atoms with Gasteiger partial charge in [-0.2, -0.15) is 0 Å². The zero-order valence-corrected chi connectivity index (χ0v) is 22.6. The molecule has 4 rings (SSSR count). The van der Waals surface area contributed by atoms with E-state index in [-0.39, 0.29) is 24.1 Å². The van der Waals surface area contributed by atoms with E-state index in [1.807, 2.05) is 24.3 Å². The number of hydrogen-bond donors (Lipinski definition) is 1. The topological polar surface area (TPSA) is 106 Å². The monoisotopic (exact) mass is 527 g/mol. The largest absolute Gasteiger partial charge is 0.497 e. The maximum absolute atomic E-state index is 14.1.